The molecule has 2 aromatic rings. The maximum atomic E-state index is 12.7. The van der Waals surface area contributed by atoms with Gasteiger partial charge in [-0.2, -0.15) is 0 Å². The number of allylic oxidation sites excluding steroid dienone is 1. The third kappa shape index (κ3) is 3.76. The Balaban J connectivity index is 1.23. The predicted molar refractivity (Wildman–Crippen MR) is 114 cm³/mol. The zero-order chi connectivity index (χ0) is 20.5. The van der Waals surface area contributed by atoms with Crippen LogP contribution < -0.4 is 10.6 Å². The molecule has 0 bridgehead atoms. The summed E-state index contributed by atoms with van der Waals surface area (Å²) in [5.41, 5.74) is 4.37. The topological polar surface area (TPSA) is 87.2 Å². The van der Waals surface area contributed by atoms with Gasteiger partial charge in [-0.05, 0) is 59.2 Å². The first kappa shape index (κ1) is 18.7. The monoisotopic (exact) mass is 401 g/mol. The first-order valence-corrected chi connectivity index (χ1v) is 10.2. The molecular weight excluding hydrogens is 378 g/mol. The summed E-state index contributed by atoms with van der Waals surface area (Å²) in [4.78, 5) is 34.7. The lowest BCUT2D eigenvalue weighted by Crippen LogP contribution is -2.27. The van der Waals surface area contributed by atoms with Gasteiger partial charge >= 0.3 is 0 Å². The van der Waals surface area contributed by atoms with Crippen molar-refractivity contribution < 1.29 is 9.59 Å². The van der Waals surface area contributed by atoms with Gasteiger partial charge < -0.3 is 15.5 Å². The molecule has 30 heavy (non-hydrogen) atoms. The van der Waals surface area contributed by atoms with Crippen molar-refractivity contribution in [2.45, 2.75) is 13.0 Å². The molecule has 2 amide bonds. The number of amides is 2. The van der Waals surface area contributed by atoms with E-state index >= 15 is 0 Å². The molecule has 7 nitrogen and oxygen atoms in total. The largest absolute Gasteiger partial charge is 0.338 e. The van der Waals surface area contributed by atoms with Gasteiger partial charge in [0, 0.05) is 49.9 Å². The van der Waals surface area contributed by atoms with Gasteiger partial charge in [-0.1, -0.05) is 6.08 Å². The minimum Gasteiger partial charge on any atom is -0.338 e. The van der Waals surface area contributed by atoms with Crippen LogP contribution in [-0.4, -0.2) is 46.3 Å². The van der Waals surface area contributed by atoms with Gasteiger partial charge in [-0.25, -0.2) is 4.98 Å². The van der Waals surface area contributed by atoms with E-state index in [9.17, 15) is 9.59 Å². The molecule has 1 aliphatic carbocycles. The maximum Gasteiger partial charge on any atom is 0.246 e. The number of fused-ring (bicyclic) bond motifs is 2. The summed E-state index contributed by atoms with van der Waals surface area (Å²) >= 11 is 0. The Kier molecular flexibility index (Phi) is 4.88. The van der Waals surface area contributed by atoms with Crippen LogP contribution in [0.3, 0.4) is 0 Å². The number of pyridine rings is 2. The number of carbonyl (C=O) groups excluding carboxylic acids is 2. The van der Waals surface area contributed by atoms with E-state index in [1.165, 1.54) is 11.1 Å². The van der Waals surface area contributed by atoms with Crippen LogP contribution in [0.25, 0.3) is 11.6 Å². The molecule has 0 spiro atoms. The minimum atomic E-state index is -0.0968. The molecule has 2 aromatic heterocycles. The molecule has 1 saturated heterocycles. The highest BCUT2D eigenvalue weighted by Gasteiger charge is 2.37. The van der Waals surface area contributed by atoms with Gasteiger partial charge in [-0.3, -0.25) is 14.6 Å². The van der Waals surface area contributed by atoms with Crippen molar-refractivity contribution in [3.63, 3.8) is 0 Å². The molecule has 152 valence electrons. The first-order valence-electron chi connectivity index (χ1n) is 10.2. The zero-order valence-corrected chi connectivity index (χ0v) is 16.5. The van der Waals surface area contributed by atoms with Crippen LogP contribution >= 0.6 is 0 Å². The van der Waals surface area contributed by atoms with E-state index < -0.39 is 0 Å². The molecule has 1 fully saturated rings. The second-order valence-electron chi connectivity index (χ2n) is 8.06. The summed E-state index contributed by atoms with van der Waals surface area (Å²) in [7, 11) is 0. The van der Waals surface area contributed by atoms with Crippen molar-refractivity contribution in [3.8, 4) is 0 Å². The minimum absolute atomic E-state index is 0.0321. The van der Waals surface area contributed by atoms with Gasteiger partial charge in [0.25, 0.3) is 0 Å². The van der Waals surface area contributed by atoms with Crippen molar-refractivity contribution in [1.29, 1.82) is 0 Å². The highest BCUT2D eigenvalue weighted by Crippen LogP contribution is 2.40. The van der Waals surface area contributed by atoms with E-state index in [0.717, 1.165) is 30.6 Å². The van der Waals surface area contributed by atoms with Crippen molar-refractivity contribution in [1.82, 2.24) is 20.2 Å². The van der Waals surface area contributed by atoms with Crippen LogP contribution in [0.4, 0.5) is 5.82 Å². The highest BCUT2D eigenvalue weighted by molar-refractivity contribution is 5.93. The normalized spacial score (nSPS) is 23.0. The van der Waals surface area contributed by atoms with Crippen LogP contribution in [0, 0.1) is 11.8 Å². The highest BCUT2D eigenvalue weighted by atomic mass is 16.2. The molecule has 4 heterocycles. The molecule has 0 aromatic carbocycles. The van der Waals surface area contributed by atoms with Gasteiger partial charge in [0.1, 0.15) is 5.82 Å². The van der Waals surface area contributed by atoms with E-state index in [1.807, 2.05) is 35.5 Å². The molecule has 2 atom stereocenters. The molecule has 2 aliphatic heterocycles. The number of carbonyl (C=O) groups is 2. The SMILES string of the molecule is O=C1CNCc2cc(C=CC(=O)N3CC4C=C(c5ccncc5)CC4C3)cnc2N1. The van der Waals surface area contributed by atoms with E-state index in [0.29, 0.717) is 24.2 Å². The number of hydrogen-bond donors (Lipinski definition) is 2. The maximum absolute atomic E-state index is 12.7. The second kappa shape index (κ2) is 7.84. The van der Waals surface area contributed by atoms with Crippen LogP contribution in [0.15, 0.2) is 48.9 Å². The summed E-state index contributed by atoms with van der Waals surface area (Å²) in [6, 6.07) is 6.05. The number of hydrogen-bond acceptors (Lipinski definition) is 5. The molecule has 0 radical (unpaired) electrons. The summed E-state index contributed by atoms with van der Waals surface area (Å²) in [5.74, 6) is 1.44. The van der Waals surface area contributed by atoms with Crippen molar-refractivity contribution in [2.75, 3.05) is 25.0 Å². The Morgan fingerprint density at radius 2 is 2.07 bits per heavy atom. The summed E-state index contributed by atoms with van der Waals surface area (Å²) < 4.78 is 0. The average molecular weight is 401 g/mol. The predicted octanol–water partition coefficient (Wildman–Crippen LogP) is 2.09. The van der Waals surface area contributed by atoms with E-state index in [2.05, 4.69) is 26.7 Å². The standard InChI is InChI=1S/C23H23N5O2/c29-21-12-25-11-18-7-15(10-26-23(18)27-21)1-2-22(30)28-13-19-8-17(9-20(19)14-28)16-3-5-24-6-4-16/h1-8,10,19-20,25H,9,11-14H2,(H,26,27,29). The van der Waals surface area contributed by atoms with Crippen LogP contribution in [0.1, 0.15) is 23.1 Å². The quantitative estimate of drug-likeness (QED) is 0.769. The lowest BCUT2D eigenvalue weighted by molar-refractivity contribution is -0.125. The fraction of sp³-hybridized carbons (Fsp3) is 0.304. The van der Waals surface area contributed by atoms with Gasteiger partial charge in [0.2, 0.25) is 11.8 Å². The van der Waals surface area contributed by atoms with Gasteiger partial charge in [-0.15, -0.1) is 0 Å². The lowest BCUT2D eigenvalue weighted by atomic mass is 9.99. The Labute approximate surface area is 174 Å². The zero-order valence-electron chi connectivity index (χ0n) is 16.5. The Bertz CT molecular complexity index is 1050. The number of anilines is 1. The number of rotatable bonds is 3. The van der Waals surface area contributed by atoms with Gasteiger partial charge in [0.15, 0.2) is 0 Å². The van der Waals surface area contributed by atoms with Crippen molar-refractivity contribution in [3.05, 3.63) is 65.6 Å². The molecule has 2 N–H and O–H groups in total. The van der Waals surface area contributed by atoms with Crippen LogP contribution in [0.2, 0.25) is 0 Å². The molecule has 5 rings (SSSR count). The Morgan fingerprint density at radius 1 is 1.20 bits per heavy atom. The first-order chi connectivity index (χ1) is 14.7. The number of aromatic nitrogens is 2. The fourth-order valence-corrected chi connectivity index (χ4v) is 4.50. The van der Waals surface area contributed by atoms with Crippen LogP contribution in [-0.2, 0) is 16.1 Å². The lowest BCUT2D eigenvalue weighted by Gasteiger charge is -2.15. The molecule has 2 unspecified atom stereocenters. The molecule has 3 aliphatic rings. The number of likely N-dealkylation sites (tertiary alicyclic amines) is 1. The third-order valence-corrected chi connectivity index (χ3v) is 6.02. The second-order valence-corrected chi connectivity index (χ2v) is 8.06. The summed E-state index contributed by atoms with van der Waals surface area (Å²) in [5, 5.41) is 5.84. The third-order valence-electron chi connectivity index (χ3n) is 6.02. The van der Waals surface area contributed by atoms with Crippen LogP contribution in [0.5, 0.6) is 0 Å². The smallest absolute Gasteiger partial charge is 0.246 e. The van der Waals surface area contributed by atoms with Crippen molar-refractivity contribution in [2.24, 2.45) is 11.8 Å². The summed E-state index contributed by atoms with van der Waals surface area (Å²) in [6.07, 6.45) is 12.1. The van der Waals surface area contributed by atoms with E-state index in [4.69, 9.17) is 0 Å². The van der Waals surface area contributed by atoms with E-state index in [1.54, 1.807) is 18.3 Å². The summed E-state index contributed by atoms with van der Waals surface area (Å²) in [6.45, 7) is 2.39. The number of nitrogens with one attached hydrogen (secondary N) is 2. The van der Waals surface area contributed by atoms with E-state index in [-0.39, 0.29) is 18.4 Å². The Hall–Kier alpha value is -3.32. The molecule has 0 saturated carbocycles. The fourth-order valence-electron chi connectivity index (χ4n) is 4.50. The van der Waals surface area contributed by atoms with Gasteiger partial charge in [0.05, 0.1) is 6.54 Å². The van der Waals surface area contributed by atoms with Crippen molar-refractivity contribution >= 4 is 29.3 Å². The number of nitrogens with zero attached hydrogens (tertiary/aromatic N) is 3. The average Bonchev–Trinajstić information content (AvgIpc) is 3.28. The molecule has 7 heteroatoms. The Morgan fingerprint density at radius 3 is 2.90 bits per heavy atom. The molecular formula is C23H23N5O2.